The van der Waals surface area contributed by atoms with Crippen LogP contribution in [0.25, 0.3) is 0 Å². The van der Waals surface area contributed by atoms with Crippen molar-refractivity contribution in [1.82, 2.24) is 10.3 Å². The lowest BCUT2D eigenvalue weighted by Crippen LogP contribution is -2.46. The van der Waals surface area contributed by atoms with Gasteiger partial charge >= 0.3 is 0 Å². The molecule has 92 valence electrons. The topological polar surface area (TPSA) is 88.2 Å². The Balaban J connectivity index is 2.85. The number of aromatic hydroxyl groups is 1. The zero-order valence-electron chi connectivity index (χ0n) is 9.68. The maximum atomic E-state index is 11.9. The minimum atomic E-state index is -0.420. The lowest BCUT2D eigenvalue weighted by Gasteiger charge is -2.21. The van der Waals surface area contributed by atoms with Gasteiger partial charge in [-0.05, 0) is 12.0 Å². The van der Waals surface area contributed by atoms with E-state index in [1.807, 2.05) is 13.8 Å². The highest BCUT2D eigenvalue weighted by atomic mass is 32.1. The Hall–Kier alpha value is -1.69. The molecule has 0 radical (unpaired) electrons. The van der Waals surface area contributed by atoms with Crippen molar-refractivity contribution in [3.63, 3.8) is 0 Å². The fraction of sp³-hybridized carbons (Fsp3) is 0.364. The molecule has 0 aliphatic carbocycles. The first-order valence-corrected chi connectivity index (χ1v) is 5.57. The molecule has 1 aromatic heterocycles. The molecule has 1 aromatic rings. The third kappa shape index (κ3) is 3.39. The summed E-state index contributed by atoms with van der Waals surface area (Å²) in [6.07, 6.45) is 2.64. The molecule has 4 N–H and O–H groups in total. The second kappa shape index (κ2) is 5.58. The Morgan fingerprint density at radius 3 is 2.71 bits per heavy atom. The van der Waals surface area contributed by atoms with Gasteiger partial charge in [-0.1, -0.05) is 26.1 Å². The van der Waals surface area contributed by atoms with Crippen LogP contribution in [0.15, 0.2) is 18.5 Å². The van der Waals surface area contributed by atoms with Crippen LogP contribution in [-0.2, 0) is 0 Å². The lowest BCUT2D eigenvalue weighted by atomic mass is 10.0. The van der Waals surface area contributed by atoms with Crippen molar-refractivity contribution < 1.29 is 9.90 Å². The summed E-state index contributed by atoms with van der Waals surface area (Å²) < 4.78 is 0. The molecule has 5 nitrogen and oxygen atoms in total. The Kier molecular flexibility index (Phi) is 4.39. The number of hydrogen-bond donors (Lipinski definition) is 3. The number of amides is 1. The fourth-order valence-electron chi connectivity index (χ4n) is 1.36. The van der Waals surface area contributed by atoms with Crippen molar-refractivity contribution in [3.05, 3.63) is 24.0 Å². The monoisotopic (exact) mass is 253 g/mol. The molecule has 1 rings (SSSR count). The second-order valence-electron chi connectivity index (χ2n) is 3.99. The number of thiocarbonyl (C=S) groups is 1. The van der Waals surface area contributed by atoms with Gasteiger partial charge in [0.15, 0.2) is 0 Å². The van der Waals surface area contributed by atoms with Gasteiger partial charge in [-0.25, -0.2) is 0 Å². The van der Waals surface area contributed by atoms with Crippen LogP contribution in [0.1, 0.15) is 24.2 Å². The quantitative estimate of drug-likeness (QED) is 0.692. The van der Waals surface area contributed by atoms with E-state index in [4.69, 9.17) is 18.0 Å². The van der Waals surface area contributed by atoms with Gasteiger partial charge in [0.05, 0.1) is 22.8 Å². The Bertz CT molecular complexity index is 434. The molecule has 0 saturated carbocycles. The van der Waals surface area contributed by atoms with Crippen LogP contribution in [-0.4, -0.2) is 27.0 Å². The summed E-state index contributed by atoms with van der Waals surface area (Å²) in [5.74, 6) is -0.507. The summed E-state index contributed by atoms with van der Waals surface area (Å²) in [6.45, 7) is 3.80. The largest absolute Gasteiger partial charge is 0.505 e. The molecule has 0 fully saturated rings. The SMILES string of the molecule is CC(C)C(NC(=O)c1ccncc1O)C(N)=S. The van der Waals surface area contributed by atoms with Gasteiger partial charge in [-0.2, -0.15) is 0 Å². The lowest BCUT2D eigenvalue weighted by molar-refractivity contribution is 0.0937. The van der Waals surface area contributed by atoms with E-state index >= 15 is 0 Å². The van der Waals surface area contributed by atoms with Gasteiger partial charge in [0.1, 0.15) is 5.75 Å². The van der Waals surface area contributed by atoms with Crippen LogP contribution >= 0.6 is 12.2 Å². The molecule has 17 heavy (non-hydrogen) atoms. The van der Waals surface area contributed by atoms with E-state index in [0.717, 1.165) is 0 Å². The van der Waals surface area contributed by atoms with Crippen LogP contribution in [0.4, 0.5) is 0 Å². The Labute approximate surface area is 105 Å². The van der Waals surface area contributed by atoms with Crippen molar-refractivity contribution in [2.45, 2.75) is 19.9 Å². The van der Waals surface area contributed by atoms with Crippen LogP contribution in [0, 0.1) is 5.92 Å². The maximum absolute atomic E-state index is 11.9. The number of aromatic nitrogens is 1. The van der Waals surface area contributed by atoms with Crippen molar-refractivity contribution in [2.75, 3.05) is 0 Å². The summed E-state index contributed by atoms with van der Waals surface area (Å²) in [6, 6.07) is 1.03. The van der Waals surface area contributed by atoms with E-state index in [9.17, 15) is 9.90 Å². The standard InChI is InChI=1S/C11H15N3O2S/c1-6(2)9(10(12)17)14-11(16)7-3-4-13-5-8(7)15/h3-6,9,15H,1-2H3,(H2,12,17)(H,14,16). The van der Waals surface area contributed by atoms with Crippen LogP contribution in [0.2, 0.25) is 0 Å². The van der Waals surface area contributed by atoms with Crippen LogP contribution in [0.3, 0.4) is 0 Å². The molecule has 0 aliphatic heterocycles. The summed E-state index contributed by atoms with van der Waals surface area (Å²) >= 11 is 4.88. The molecule has 0 aromatic carbocycles. The Morgan fingerprint density at radius 2 is 2.24 bits per heavy atom. The van der Waals surface area contributed by atoms with Crippen molar-refractivity contribution in [2.24, 2.45) is 11.7 Å². The van der Waals surface area contributed by atoms with Gasteiger partial charge in [-0.15, -0.1) is 0 Å². The van der Waals surface area contributed by atoms with Gasteiger partial charge < -0.3 is 16.2 Å². The molecule has 1 heterocycles. The van der Waals surface area contributed by atoms with Gasteiger partial charge in [0.2, 0.25) is 0 Å². The van der Waals surface area contributed by atoms with E-state index in [1.165, 1.54) is 18.5 Å². The number of rotatable bonds is 4. The van der Waals surface area contributed by atoms with Crippen LogP contribution < -0.4 is 11.1 Å². The number of nitrogens with zero attached hydrogens (tertiary/aromatic N) is 1. The predicted octanol–water partition coefficient (Wildman–Crippen LogP) is 0.828. The highest BCUT2D eigenvalue weighted by Gasteiger charge is 2.20. The molecule has 1 unspecified atom stereocenters. The number of pyridine rings is 1. The van der Waals surface area contributed by atoms with E-state index in [2.05, 4.69) is 10.3 Å². The molecule has 0 aliphatic rings. The highest BCUT2D eigenvalue weighted by molar-refractivity contribution is 7.80. The number of carbonyl (C=O) groups is 1. The third-order valence-corrected chi connectivity index (χ3v) is 2.56. The molecule has 1 amide bonds. The number of hydrogen-bond acceptors (Lipinski definition) is 4. The average Bonchev–Trinajstić information content (AvgIpc) is 2.25. The second-order valence-corrected chi connectivity index (χ2v) is 4.46. The summed E-state index contributed by atoms with van der Waals surface area (Å²) in [4.78, 5) is 15.8. The third-order valence-electron chi connectivity index (χ3n) is 2.30. The van der Waals surface area contributed by atoms with Gasteiger partial charge in [0, 0.05) is 6.20 Å². The zero-order valence-corrected chi connectivity index (χ0v) is 10.5. The first-order valence-electron chi connectivity index (χ1n) is 5.16. The molecule has 1 atom stereocenters. The first-order chi connectivity index (χ1) is 7.93. The molecule has 6 heteroatoms. The number of nitrogens with two attached hydrogens (primary N) is 1. The summed E-state index contributed by atoms with van der Waals surface area (Å²) in [5, 5.41) is 12.2. The van der Waals surface area contributed by atoms with E-state index in [0.29, 0.717) is 0 Å². The summed E-state index contributed by atoms with van der Waals surface area (Å²) in [5.41, 5.74) is 5.70. The zero-order chi connectivity index (χ0) is 13.0. The van der Waals surface area contributed by atoms with Crippen molar-refractivity contribution >= 4 is 23.1 Å². The van der Waals surface area contributed by atoms with E-state index in [1.54, 1.807) is 0 Å². The molecule has 0 saturated heterocycles. The average molecular weight is 253 g/mol. The number of carbonyl (C=O) groups excluding carboxylic acids is 1. The normalized spacial score (nSPS) is 12.2. The highest BCUT2D eigenvalue weighted by Crippen LogP contribution is 2.14. The predicted molar refractivity (Wildman–Crippen MR) is 68.8 cm³/mol. The molecular weight excluding hydrogens is 238 g/mol. The smallest absolute Gasteiger partial charge is 0.255 e. The van der Waals surface area contributed by atoms with Crippen molar-refractivity contribution in [1.29, 1.82) is 0 Å². The molecular formula is C11H15N3O2S. The van der Waals surface area contributed by atoms with Gasteiger partial charge in [0.25, 0.3) is 5.91 Å². The van der Waals surface area contributed by atoms with E-state index < -0.39 is 11.9 Å². The molecule has 0 spiro atoms. The van der Waals surface area contributed by atoms with Gasteiger partial charge in [-0.3, -0.25) is 9.78 Å². The van der Waals surface area contributed by atoms with Crippen LogP contribution in [0.5, 0.6) is 5.75 Å². The first kappa shape index (κ1) is 13.4. The minimum Gasteiger partial charge on any atom is -0.505 e. The minimum absolute atomic E-state index is 0.0837. The molecule has 0 bridgehead atoms. The van der Waals surface area contributed by atoms with E-state index in [-0.39, 0.29) is 22.2 Å². The van der Waals surface area contributed by atoms with Crippen molar-refractivity contribution in [3.8, 4) is 5.75 Å². The maximum Gasteiger partial charge on any atom is 0.255 e. The number of nitrogens with one attached hydrogen (secondary N) is 1. The summed E-state index contributed by atoms with van der Waals surface area (Å²) in [7, 11) is 0. The fourth-order valence-corrected chi connectivity index (χ4v) is 1.69. The Morgan fingerprint density at radius 1 is 1.59 bits per heavy atom.